The topological polar surface area (TPSA) is 41.6 Å². The Balaban J connectivity index is 1.57. The van der Waals surface area contributed by atoms with E-state index < -0.39 is 6.10 Å². The van der Waals surface area contributed by atoms with Crippen LogP contribution in [0.2, 0.25) is 0 Å². The number of carbonyl (C=O) groups excluding carboxylic acids is 1. The first-order chi connectivity index (χ1) is 14.0. The Morgan fingerprint density at radius 1 is 1.10 bits per heavy atom. The van der Waals surface area contributed by atoms with Crippen LogP contribution in [0.4, 0.5) is 5.69 Å². The number of rotatable bonds is 7. The first kappa shape index (κ1) is 21.2. The highest BCUT2D eigenvalue weighted by atomic mass is 16.5. The van der Waals surface area contributed by atoms with Crippen molar-refractivity contribution in [3.63, 3.8) is 0 Å². The summed E-state index contributed by atoms with van der Waals surface area (Å²) in [6, 6.07) is 16.3. The maximum Gasteiger partial charge on any atom is 0.261 e. The van der Waals surface area contributed by atoms with Crippen LogP contribution in [0.5, 0.6) is 5.75 Å². The molecule has 29 heavy (non-hydrogen) atoms. The van der Waals surface area contributed by atoms with Gasteiger partial charge in [0, 0.05) is 18.8 Å². The van der Waals surface area contributed by atoms with Gasteiger partial charge in [-0.25, -0.2) is 0 Å². The Kier molecular flexibility index (Phi) is 7.18. The molecule has 4 nitrogen and oxygen atoms in total. The van der Waals surface area contributed by atoms with Gasteiger partial charge in [-0.15, -0.1) is 0 Å². The van der Waals surface area contributed by atoms with Crippen molar-refractivity contribution in [2.75, 3.05) is 18.0 Å². The number of ether oxygens (including phenoxy) is 1. The predicted octanol–water partition coefficient (Wildman–Crippen LogP) is 5.27. The van der Waals surface area contributed by atoms with Crippen LogP contribution < -0.4 is 15.0 Å². The molecular formula is C25H34N2O2. The number of piperidine rings is 1. The molecule has 0 radical (unpaired) electrons. The van der Waals surface area contributed by atoms with Crippen molar-refractivity contribution < 1.29 is 9.53 Å². The molecule has 1 saturated heterocycles. The number of anilines is 1. The fourth-order valence-corrected chi connectivity index (χ4v) is 3.73. The van der Waals surface area contributed by atoms with E-state index in [4.69, 9.17) is 4.74 Å². The summed E-state index contributed by atoms with van der Waals surface area (Å²) in [5, 5.41) is 3.11. The van der Waals surface area contributed by atoms with Gasteiger partial charge in [0.15, 0.2) is 6.10 Å². The predicted molar refractivity (Wildman–Crippen MR) is 119 cm³/mol. The standard InChI is InChI=1S/C25H34N2O2/c1-5-24(29-23-12-6-18(2)7-13-23)25(28)26-20(4)21-8-10-22(11-9-21)27-16-14-19(3)15-17-27/h6-13,19-20,24H,5,14-17H2,1-4H3,(H,26,28)/t20-,24+/m1/s1. The molecular weight excluding hydrogens is 360 g/mol. The lowest BCUT2D eigenvalue weighted by Gasteiger charge is -2.32. The monoisotopic (exact) mass is 394 g/mol. The third-order valence-electron chi connectivity index (χ3n) is 5.86. The molecule has 2 atom stereocenters. The van der Waals surface area contributed by atoms with Gasteiger partial charge in [-0.2, -0.15) is 0 Å². The van der Waals surface area contributed by atoms with Crippen molar-refractivity contribution in [3.8, 4) is 5.75 Å². The van der Waals surface area contributed by atoms with Crippen molar-refractivity contribution >= 4 is 11.6 Å². The summed E-state index contributed by atoms with van der Waals surface area (Å²) in [7, 11) is 0. The summed E-state index contributed by atoms with van der Waals surface area (Å²) < 4.78 is 5.91. The summed E-state index contributed by atoms with van der Waals surface area (Å²) in [4.78, 5) is 15.2. The molecule has 1 aliphatic rings. The number of benzene rings is 2. The summed E-state index contributed by atoms with van der Waals surface area (Å²) in [6.45, 7) is 10.6. The van der Waals surface area contributed by atoms with Gasteiger partial charge in [-0.1, -0.05) is 43.7 Å². The van der Waals surface area contributed by atoms with E-state index in [1.165, 1.54) is 24.1 Å². The maximum absolute atomic E-state index is 12.7. The third-order valence-corrected chi connectivity index (χ3v) is 5.86. The fraction of sp³-hybridized carbons (Fsp3) is 0.480. The number of aryl methyl sites for hydroxylation is 1. The van der Waals surface area contributed by atoms with E-state index in [-0.39, 0.29) is 11.9 Å². The minimum absolute atomic E-state index is 0.0615. The van der Waals surface area contributed by atoms with E-state index in [9.17, 15) is 4.79 Å². The second kappa shape index (κ2) is 9.82. The quantitative estimate of drug-likeness (QED) is 0.696. The van der Waals surface area contributed by atoms with Crippen LogP contribution in [-0.4, -0.2) is 25.1 Å². The van der Waals surface area contributed by atoms with Crippen LogP contribution in [0, 0.1) is 12.8 Å². The molecule has 1 heterocycles. The third kappa shape index (κ3) is 5.75. The lowest BCUT2D eigenvalue weighted by molar-refractivity contribution is -0.128. The minimum atomic E-state index is -0.491. The number of nitrogens with one attached hydrogen (secondary N) is 1. The normalized spacial score (nSPS) is 16.9. The summed E-state index contributed by atoms with van der Waals surface area (Å²) >= 11 is 0. The molecule has 1 aliphatic heterocycles. The molecule has 3 rings (SSSR count). The highest BCUT2D eigenvalue weighted by Crippen LogP contribution is 2.25. The number of carbonyl (C=O) groups is 1. The molecule has 156 valence electrons. The number of hydrogen-bond acceptors (Lipinski definition) is 3. The highest BCUT2D eigenvalue weighted by Gasteiger charge is 2.21. The summed E-state index contributed by atoms with van der Waals surface area (Å²) in [5.41, 5.74) is 3.55. The second-order valence-electron chi connectivity index (χ2n) is 8.32. The van der Waals surface area contributed by atoms with E-state index in [1.54, 1.807) is 0 Å². The zero-order chi connectivity index (χ0) is 20.8. The number of amides is 1. The van der Waals surface area contributed by atoms with E-state index in [2.05, 4.69) is 41.4 Å². The average Bonchev–Trinajstić information content (AvgIpc) is 2.74. The zero-order valence-electron chi connectivity index (χ0n) is 18.2. The van der Waals surface area contributed by atoms with Gasteiger partial charge < -0.3 is 15.0 Å². The Bertz CT molecular complexity index is 777. The van der Waals surface area contributed by atoms with Crippen molar-refractivity contribution in [3.05, 3.63) is 59.7 Å². The first-order valence-electron chi connectivity index (χ1n) is 10.8. The Labute approximate surface area is 175 Å². The molecule has 0 aromatic heterocycles. The zero-order valence-corrected chi connectivity index (χ0v) is 18.2. The number of hydrogen-bond donors (Lipinski definition) is 1. The van der Waals surface area contributed by atoms with Gasteiger partial charge in [0.25, 0.3) is 5.91 Å². The van der Waals surface area contributed by atoms with Gasteiger partial charge in [0.05, 0.1) is 6.04 Å². The van der Waals surface area contributed by atoms with Crippen LogP contribution >= 0.6 is 0 Å². The molecule has 1 amide bonds. The molecule has 0 bridgehead atoms. The van der Waals surface area contributed by atoms with E-state index in [0.717, 1.165) is 30.3 Å². The molecule has 2 aromatic rings. The van der Waals surface area contributed by atoms with Gasteiger partial charge >= 0.3 is 0 Å². The fourth-order valence-electron chi connectivity index (χ4n) is 3.73. The summed E-state index contributed by atoms with van der Waals surface area (Å²) in [5.74, 6) is 1.48. The van der Waals surface area contributed by atoms with Gasteiger partial charge in [-0.05, 0) is 68.9 Å². The highest BCUT2D eigenvalue weighted by molar-refractivity contribution is 5.81. The number of nitrogens with zero attached hydrogens (tertiary/aromatic N) is 1. The van der Waals surface area contributed by atoms with Crippen molar-refractivity contribution in [1.29, 1.82) is 0 Å². The van der Waals surface area contributed by atoms with Gasteiger partial charge in [0.2, 0.25) is 0 Å². The Hall–Kier alpha value is -2.49. The van der Waals surface area contributed by atoms with Crippen LogP contribution in [0.1, 0.15) is 57.2 Å². The molecule has 1 fully saturated rings. The van der Waals surface area contributed by atoms with Crippen LogP contribution in [0.25, 0.3) is 0 Å². The van der Waals surface area contributed by atoms with Gasteiger partial charge in [-0.3, -0.25) is 4.79 Å². The minimum Gasteiger partial charge on any atom is -0.481 e. The largest absolute Gasteiger partial charge is 0.481 e. The molecule has 0 saturated carbocycles. The van der Waals surface area contributed by atoms with Crippen LogP contribution in [0.3, 0.4) is 0 Å². The molecule has 2 aromatic carbocycles. The molecule has 0 unspecified atom stereocenters. The lowest BCUT2D eigenvalue weighted by atomic mass is 9.98. The molecule has 1 N–H and O–H groups in total. The molecule has 0 spiro atoms. The van der Waals surface area contributed by atoms with Crippen molar-refractivity contribution in [2.24, 2.45) is 5.92 Å². The van der Waals surface area contributed by atoms with E-state index >= 15 is 0 Å². The van der Waals surface area contributed by atoms with Crippen LogP contribution in [-0.2, 0) is 4.79 Å². The maximum atomic E-state index is 12.7. The van der Waals surface area contributed by atoms with Crippen molar-refractivity contribution in [1.82, 2.24) is 5.32 Å². The van der Waals surface area contributed by atoms with E-state index in [1.807, 2.05) is 45.0 Å². The molecule has 4 heteroatoms. The Morgan fingerprint density at radius 3 is 2.31 bits per heavy atom. The second-order valence-corrected chi connectivity index (χ2v) is 8.32. The lowest BCUT2D eigenvalue weighted by Crippen LogP contribution is -2.39. The summed E-state index contributed by atoms with van der Waals surface area (Å²) in [6.07, 6.45) is 2.65. The van der Waals surface area contributed by atoms with E-state index in [0.29, 0.717) is 6.42 Å². The average molecular weight is 395 g/mol. The Morgan fingerprint density at radius 2 is 1.72 bits per heavy atom. The van der Waals surface area contributed by atoms with Crippen molar-refractivity contribution in [2.45, 2.75) is 59.1 Å². The molecule has 0 aliphatic carbocycles. The SMILES string of the molecule is CC[C@H](Oc1ccc(C)cc1)C(=O)N[C@H](C)c1ccc(N2CCC(C)CC2)cc1. The first-order valence-corrected chi connectivity index (χ1v) is 10.8. The van der Waals surface area contributed by atoms with Crippen LogP contribution in [0.15, 0.2) is 48.5 Å². The van der Waals surface area contributed by atoms with Gasteiger partial charge in [0.1, 0.15) is 5.75 Å². The smallest absolute Gasteiger partial charge is 0.261 e.